The third kappa shape index (κ3) is 6.48. The van der Waals surface area contributed by atoms with E-state index >= 15 is 0 Å². The summed E-state index contributed by atoms with van der Waals surface area (Å²) in [6, 6.07) is 6.54. The average molecular weight is 393 g/mol. The van der Waals surface area contributed by atoms with Gasteiger partial charge in [-0.1, -0.05) is 22.0 Å². The molecule has 6 nitrogen and oxygen atoms in total. The molecule has 0 heterocycles. The lowest BCUT2D eigenvalue weighted by Crippen LogP contribution is -2.36. The molecule has 0 aliphatic rings. The fourth-order valence-corrected chi connectivity index (χ4v) is 4.00. The van der Waals surface area contributed by atoms with Gasteiger partial charge in [-0.05, 0) is 39.0 Å². The Morgan fingerprint density at radius 1 is 1.36 bits per heavy atom. The van der Waals surface area contributed by atoms with Gasteiger partial charge >= 0.3 is 5.97 Å². The molecule has 2 N–H and O–H groups in total. The smallest absolute Gasteiger partial charge is 0.323 e. The first-order chi connectivity index (χ1) is 10.3. The summed E-state index contributed by atoms with van der Waals surface area (Å²) >= 11 is 3.35. The summed E-state index contributed by atoms with van der Waals surface area (Å²) in [5.74, 6) is -0.456. The van der Waals surface area contributed by atoms with E-state index in [1.807, 2.05) is 12.1 Å². The highest BCUT2D eigenvalue weighted by molar-refractivity contribution is 9.10. The van der Waals surface area contributed by atoms with Crippen LogP contribution in [-0.4, -0.2) is 31.6 Å². The van der Waals surface area contributed by atoms with Gasteiger partial charge in [0.05, 0.1) is 6.10 Å². The number of esters is 1. The van der Waals surface area contributed by atoms with Crippen LogP contribution in [0.5, 0.6) is 0 Å². The number of carbonyl (C=O) groups is 1. The molecule has 0 saturated carbocycles. The van der Waals surface area contributed by atoms with Crippen molar-refractivity contribution in [1.29, 1.82) is 0 Å². The number of rotatable bonds is 8. The molecule has 1 aromatic carbocycles. The zero-order valence-corrected chi connectivity index (χ0v) is 15.6. The Morgan fingerprint density at radius 2 is 2.05 bits per heavy atom. The average Bonchev–Trinajstić information content (AvgIpc) is 2.37. The maximum Gasteiger partial charge on any atom is 0.323 e. The van der Waals surface area contributed by atoms with Crippen LogP contribution < -0.4 is 10.2 Å². The Kier molecular flexibility index (Phi) is 7.56. The van der Waals surface area contributed by atoms with E-state index in [4.69, 9.17) is 9.47 Å². The van der Waals surface area contributed by atoms with Crippen molar-refractivity contribution in [1.82, 2.24) is 5.09 Å². The number of hydrogen-bond acceptors (Lipinski definition) is 4. The molecule has 2 atom stereocenters. The molecule has 0 aliphatic heterocycles. The van der Waals surface area contributed by atoms with Crippen LogP contribution >= 0.6 is 23.4 Å². The summed E-state index contributed by atoms with van der Waals surface area (Å²) in [6.45, 7) is 5.13. The van der Waals surface area contributed by atoms with Crippen molar-refractivity contribution < 1.29 is 18.8 Å². The lowest BCUT2D eigenvalue weighted by molar-refractivity contribution is -0.148. The third-order valence-electron chi connectivity index (χ3n) is 2.55. The molecular weight excluding hydrogens is 371 g/mol. The van der Waals surface area contributed by atoms with Gasteiger partial charge in [0.1, 0.15) is 12.4 Å². The van der Waals surface area contributed by atoms with Crippen molar-refractivity contribution in [2.24, 2.45) is 0 Å². The number of benzene rings is 1. The van der Waals surface area contributed by atoms with Gasteiger partial charge in [-0.25, -0.2) is 5.09 Å². The predicted molar refractivity (Wildman–Crippen MR) is 91.1 cm³/mol. The van der Waals surface area contributed by atoms with E-state index in [9.17, 15) is 9.36 Å². The third-order valence-corrected chi connectivity index (χ3v) is 5.09. The largest absolute Gasteiger partial charge is 0.462 e. The van der Waals surface area contributed by atoms with Crippen LogP contribution in [0.1, 0.15) is 20.8 Å². The molecule has 0 aliphatic carbocycles. The first-order valence-corrected chi connectivity index (χ1v) is 9.54. The second-order valence-electron chi connectivity index (χ2n) is 5.12. The van der Waals surface area contributed by atoms with Gasteiger partial charge in [-0.15, -0.1) is 0 Å². The van der Waals surface area contributed by atoms with Crippen LogP contribution in [0.2, 0.25) is 0 Å². The van der Waals surface area contributed by atoms with Crippen LogP contribution in [0.15, 0.2) is 28.7 Å². The maximum atomic E-state index is 12.9. The minimum atomic E-state index is -3.16. The second-order valence-corrected chi connectivity index (χ2v) is 8.25. The van der Waals surface area contributed by atoms with E-state index in [0.717, 1.165) is 4.47 Å². The number of carbonyl (C=O) groups excluding carboxylic acids is 1. The Hall–Kier alpha value is -0.880. The van der Waals surface area contributed by atoms with Crippen molar-refractivity contribution in [3.63, 3.8) is 0 Å². The normalized spacial score (nSPS) is 15.2. The van der Waals surface area contributed by atoms with Crippen molar-refractivity contribution in [2.75, 3.05) is 18.5 Å². The van der Waals surface area contributed by atoms with Gasteiger partial charge < -0.3 is 14.6 Å². The monoisotopic (exact) mass is 392 g/mol. The molecule has 8 heteroatoms. The molecule has 0 amide bonds. The van der Waals surface area contributed by atoms with Crippen molar-refractivity contribution in [2.45, 2.75) is 32.9 Å². The zero-order chi connectivity index (χ0) is 16.8. The fraction of sp³-hybridized carbons (Fsp3) is 0.500. The Balaban J connectivity index is 2.82. The zero-order valence-electron chi connectivity index (χ0n) is 13.1. The Labute approximate surface area is 139 Å². The summed E-state index contributed by atoms with van der Waals surface area (Å²) in [6.07, 6.45) is -0.282. The maximum absolute atomic E-state index is 12.9. The van der Waals surface area contributed by atoms with Crippen LogP contribution in [-0.2, 0) is 18.8 Å². The summed E-state index contributed by atoms with van der Waals surface area (Å²) in [7, 11) is -1.71. The predicted octanol–water partition coefficient (Wildman–Crippen LogP) is 3.59. The lowest BCUT2D eigenvalue weighted by Gasteiger charge is -2.24. The molecule has 0 bridgehead atoms. The molecule has 22 heavy (non-hydrogen) atoms. The Bertz CT molecular complexity index is 553. The highest BCUT2D eigenvalue weighted by Gasteiger charge is 2.28. The fourth-order valence-electron chi connectivity index (χ4n) is 1.75. The number of ether oxygens (including phenoxy) is 2. The second kappa shape index (κ2) is 8.67. The summed E-state index contributed by atoms with van der Waals surface area (Å²) in [5, 5.41) is 5.71. The molecule has 0 spiro atoms. The lowest BCUT2D eigenvalue weighted by atomic mass is 10.3. The molecule has 0 aromatic heterocycles. The number of anilines is 1. The molecule has 0 saturated heterocycles. The number of methoxy groups -OCH3 is 1. The first kappa shape index (κ1) is 19.2. The standard InChI is InChI=1S/C14H22BrN2O4P/c1-10(2)21-14(18)11(3)16-22(19,9-20-4)17-13-7-5-6-12(15)8-13/h5-8,10-11H,9H2,1-4H3,(H2,16,17,19)/t11-,22?/m0/s1. The highest BCUT2D eigenvalue weighted by atomic mass is 79.9. The van der Waals surface area contributed by atoms with E-state index in [1.54, 1.807) is 32.9 Å². The van der Waals surface area contributed by atoms with Gasteiger partial charge in [0.15, 0.2) is 0 Å². The molecular formula is C14H22BrN2O4P. The van der Waals surface area contributed by atoms with Gasteiger partial charge in [0, 0.05) is 17.3 Å². The topological polar surface area (TPSA) is 76.7 Å². The van der Waals surface area contributed by atoms with Crippen molar-refractivity contribution in [3.05, 3.63) is 28.7 Å². The van der Waals surface area contributed by atoms with Crippen LogP contribution in [0.4, 0.5) is 5.69 Å². The highest BCUT2D eigenvalue weighted by Crippen LogP contribution is 2.42. The van der Waals surface area contributed by atoms with Gasteiger partial charge in [-0.3, -0.25) is 9.36 Å². The first-order valence-electron chi connectivity index (χ1n) is 6.86. The van der Waals surface area contributed by atoms with E-state index < -0.39 is 19.5 Å². The number of nitrogens with one attached hydrogen (secondary N) is 2. The Morgan fingerprint density at radius 3 is 2.59 bits per heavy atom. The molecule has 1 unspecified atom stereocenters. The summed E-state index contributed by atoms with van der Waals surface area (Å²) in [5.41, 5.74) is 0.659. The van der Waals surface area contributed by atoms with Crippen LogP contribution in [0, 0.1) is 0 Å². The quantitative estimate of drug-likeness (QED) is 0.519. The van der Waals surface area contributed by atoms with E-state index in [1.165, 1.54) is 7.11 Å². The number of halogens is 1. The van der Waals surface area contributed by atoms with Gasteiger partial charge in [-0.2, -0.15) is 0 Å². The van der Waals surface area contributed by atoms with Crippen molar-refractivity contribution in [3.8, 4) is 0 Å². The SMILES string of the molecule is COCP(=O)(Nc1cccc(Br)c1)N[C@@H](C)C(=O)OC(C)C. The minimum absolute atomic E-state index is 0.0567. The molecule has 1 aromatic rings. The van der Waals surface area contributed by atoms with Gasteiger partial charge in [0.2, 0.25) is 0 Å². The summed E-state index contributed by atoms with van der Waals surface area (Å²) in [4.78, 5) is 11.9. The van der Waals surface area contributed by atoms with Crippen molar-refractivity contribution >= 4 is 35.0 Å². The molecule has 0 radical (unpaired) electrons. The van der Waals surface area contributed by atoms with E-state index in [0.29, 0.717) is 5.69 Å². The summed E-state index contributed by atoms with van der Waals surface area (Å²) < 4.78 is 23.9. The molecule has 124 valence electrons. The minimum Gasteiger partial charge on any atom is -0.462 e. The van der Waals surface area contributed by atoms with Gasteiger partial charge in [0.25, 0.3) is 7.44 Å². The molecule has 0 fully saturated rings. The molecule has 1 rings (SSSR count). The van der Waals surface area contributed by atoms with E-state index in [-0.39, 0.29) is 12.5 Å². The van der Waals surface area contributed by atoms with Crippen LogP contribution in [0.25, 0.3) is 0 Å². The van der Waals surface area contributed by atoms with E-state index in [2.05, 4.69) is 26.1 Å². The number of hydrogen-bond donors (Lipinski definition) is 2. The van der Waals surface area contributed by atoms with Crippen LogP contribution in [0.3, 0.4) is 0 Å².